The summed E-state index contributed by atoms with van der Waals surface area (Å²) in [5.74, 6) is -0.173. The number of rotatable bonds is 14. The van der Waals surface area contributed by atoms with Crippen molar-refractivity contribution < 1.29 is 42.6 Å². The fraction of sp³-hybridized carbons (Fsp3) is 0.481. The van der Waals surface area contributed by atoms with Gasteiger partial charge in [0, 0.05) is 49.6 Å². The Morgan fingerprint density at radius 3 is 2.26 bits per heavy atom. The zero-order valence-corrected chi connectivity index (χ0v) is 25.3. The number of phosphoric acid groups is 1. The summed E-state index contributed by atoms with van der Waals surface area (Å²) in [6.45, 7) is -1.27. The predicted molar refractivity (Wildman–Crippen MR) is 158 cm³/mol. The number of Topliss-reactive ketones (excluding diaryl/α,β-unsaturated/α-hetero) is 1. The maximum absolute atomic E-state index is 14.0. The molecule has 6 N–H and O–H groups in total. The lowest BCUT2D eigenvalue weighted by Crippen LogP contribution is -2.30. The van der Waals surface area contributed by atoms with Crippen LogP contribution in [-0.4, -0.2) is 84.3 Å². The van der Waals surface area contributed by atoms with E-state index in [1.807, 2.05) is 0 Å². The first-order valence-electron chi connectivity index (χ1n) is 14.3. The topological polar surface area (TPSA) is 255 Å². The molecule has 3 aromatic heterocycles. The van der Waals surface area contributed by atoms with Crippen LogP contribution in [0.5, 0.6) is 0 Å². The first-order valence-corrected chi connectivity index (χ1v) is 15.8. The molecule has 0 spiro atoms. The lowest BCUT2D eigenvalue weighted by atomic mass is 10.1. The molecule has 1 unspecified atom stereocenters. The molecule has 0 radical (unpaired) electrons. The summed E-state index contributed by atoms with van der Waals surface area (Å²) < 4.78 is 44.9. The Hall–Kier alpha value is -3.87. The molecule has 46 heavy (non-hydrogen) atoms. The minimum Gasteiger partial charge on any atom is -0.394 e. The second-order valence-corrected chi connectivity index (χ2v) is 12.2. The summed E-state index contributed by atoms with van der Waals surface area (Å²) in [6, 6.07) is 6.05. The number of phosphoric ester groups is 1. The number of nitrogens with two attached hydrogens (primary N) is 2. The number of hydrogen-bond donors (Lipinski definition) is 4. The van der Waals surface area contributed by atoms with Gasteiger partial charge in [0.25, 0.3) is 0 Å². The Bertz CT molecular complexity index is 1670. The highest BCUT2D eigenvalue weighted by atomic mass is 31.2. The molecule has 2 fully saturated rings. The number of carbonyl (C=O) groups excluding carboxylic acids is 1. The van der Waals surface area contributed by atoms with Crippen LogP contribution in [-0.2, 0) is 27.6 Å². The summed E-state index contributed by atoms with van der Waals surface area (Å²) in [5, 5.41) is 20.6. The Labute approximate surface area is 261 Å². The highest BCUT2D eigenvalue weighted by Crippen LogP contribution is 2.53. The van der Waals surface area contributed by atoms with Crippen LogP contribution in [0.15, 0.2) is 58.6 Å². The fourth-order valence-electron chi connectivity index (χ4n) is 4.98. The van der Waals surface area contributed by atoms with E-state index in [9.17, 15) is 29.2 Å². The zero-order valence-electron chi connectivity index (χ0n) is 24.4. The van der Waals surface area contributed by atoms with Crippen LogP contribution in [0.25, 0.3) is 0 Å². The maximum Gasteiger partial charge on any atom is 0.475 e. The lowest BCUT2D eigenvalue weighted by Gasteiger charge is -2.25. The van der Waals surface area contributed by atoms with Crippen molar-refractivity contribution in [1.29, 1.82) is 0 Å². The van der Waals surface area contributed by atoms with Crippen molar-refractivity contribution in [2.75, 3.05) is 31.3 Å². The monoisotopic (exact) mass is 663 g/mol. The molecule has 2 aliphatic rings. The maximum atomic E-state index is 14.0. The standard InChI is InChI=1S/C27H34N7O11P/c28-22-5-8-33(26(38)31-22)24-11-18(37)21(44-24)15-42-46(40,41-10-2-4-17(36)16-3-1-7-30-13-16)45-19-12-25(43-20(19)14-35)34-9-6-23(29)32-27(34)39/h1,3,5-9,13,18-21,24-25,35,37H,2,4,10-12,14-15H2,(H2,28,31,38)(H2,29,32,39)/t18-,19-,20+,21+,24+,25+,46?/m0/s1. The number of carbonyl (C=O) groups is 1. The smallest absolute Gasteiger partial charge is 0.394 e. The normalized spacial score (nSPS) is 25.8. The molecule has 18 nitrogen and oxygen atoms in total. The molecule has 0 aromatic carbocycles. The van der Waals surface area contributed by atoms with Gasteiger partial charge >= 0.3 is 19.2 Å². The van der Waals surface area contributed by atoms with Crippen LogP contribution >= 0.6 is 7.82 Å². The number of ether oxygens (including phenoxy) is 2. The molecule has 19 heteroatoms. The van der Waals surface area contributed by atoms with Crippen LogP contribution in [0, 0.1) is 0 Å². The van der Waals surface area contributed by atoms with Gasteiger partial charge in [0.1, 0.15) is 42.4 Å². The van der Waals surface area contributed by atoms with Crippen LogP contribution in [0.3, 0.4) is 0 Å². The second kappa shape index (κ2) is 14.7. The number of ketones is 1. The number of aliphatic hydroxyl groups excluding tert-OH is 2. The average Bonchev–Trinajstić information content (AvgIpc) is 3.60. The highest BCUT2D eigenvalue weighted by Gasteiger charge is 2.44. The molecule has 0 saturated carbocycles. The van der Waals surface area contributed by atoms with Gasteiger partial charge in [0.05, 0.1) is 25.9 Å². The van der Waals surface area contributed by atoms with Gasteiger partial charge in [-0.15, -0.1) is 0 Å². The SMILES string of the molecule is Nc1ccn([C@H]2C[C@H](OP(=O)(OCCCC(=O)c3cccnc3)OC[C@H]3O[C@@H](n4ccc(N)nc4=O)C[C@@H]3O)[C@@H](CO)O2)c(=O)n1. The molecule has 0 aliphatic carbocycles. The van der Waals surface area contributed by atoms with Crippen LogP contribution in [0.2, 0.25) is 0 Å². The van der Waals surface area contributed by atoms with Crippen molar-refractivity contribution in [1.82, 2.24) is 24.1 Å². The third-order valence-electron chi connectivity index (χ3n) is 7.33. The first-order chi connectivity index (χ1) is 22.0. The third kappa shape index (κ3) is 8.09. The molecule has 5 rings (SSSR count). The Kier molecular flexibility index (Phi) is 10.7. The van der Waals surface area contributed by atoms with E-state index in [-0.39, 0.29) is 49.7 Å². The van der Waals surface area contributed by atoms with Gasteiger partial charge in [-0.1, -0.05) is 0 Å². The van der Waals surface area contributed by atoms with E-state index in [0.717, 1.165) is 9.13 Å². The van der Waals surface area contributed by atoms with Gasteiger partial charge in [0.15, 0.2) is 5.78 Å². The number of pyridine rings is 1. The van der Waals surface area contributed by atoms with E-state index in [2.05, 4.69) is 15.0 Å². The Morgan fingerprint density at radius 1 is 1.00 bits per heavy atom. The van der Waals surface area contributed by atoms with E-state index in [1.165, 1.54) is 30.7 Å². The van der Waals surface area contributed by atoms with Crippen LogP contribution < -0.4 is 22.8 Å². The summed E-state index contributed by atoms with van der Waals surface area (Å²) in [6.07, 6.45) is -0.294. The molecule has 7 atom stereocenters. The highest BCUT2D eigenvalue weighted by molar-refractivity contribution is 7.48. The van der Waals surface area contributed by atoms with E-state index >= 15 is 0 Å². The molecule has 248 valence electrons. The molecule has 2 saturated heterocycles. The lowest BCUT2D eigenvalue weighted by molar-refractivity contribution is -0.0601. The number of hydrogen-bond acceptors (Lipinski definition) is 16. The molecule has 2 aliphatic heterocycles. The van der Waals surface area contributed by atoms with Crippen molar-refractivity contribution in [3.8, 4) is 0 Å². The molecular weight excluding hydrogens is 629 g/mol. The molecular formula is C27H34N7O11P. The molecule has 0 bridgehead atoms. The van der Waals surface area contributed by atoms with Crippen molar-refractivity contribution in [3.63, 3.8) is 0 Å². The van der Waals surface area contributed by atoms with Gasteiger partial charge in [-0.25, -0.2) is 14.2 Å². The first kappa shape index (κ1) is 33.5. The van der Waals surface area contributed by atoms with E-state index in [0.29, 0.717) is 5.56 Å². The Balaban J connectivity index is 1.27. The second-order valence-electron chi connectivity index (χ2n) is 10.6. The van der Waals surface area contributed by atoms with Crippen molar-refractivity contribution >= 4 is 25.2 Å². The summed E-state index contributed by atoms with van der Waals surface area (Å²) in [5.41, 5.74) is 10.1. The van der Waals surface area contributed by atoms with Crippen LogP contribution in [0.4, 0.5) is 11.6 Å². The van der Waals surface area contributed by atoms with Crippen molar-refractivity contribution in [2.45, 2.75) is 62.6 Å². The summed E-state index contributed by atoms with van der Waals surface area (Å²) in [4.78, 5) is 48.4. The van der Waals surface area contributed by atoms with Crippen LogP contribution in [0.1, 0.15) is 48.5 Å². The fourth-order valence-corrected chi connectivity index (χ4v) is 6.41. The van der Waals surface area contributed by atoms with Gasteiger partial charge in [0.2, 0.25) is 0 Å². The number of nitrogens with zero attached hydrogens (tertiary/aromatic N) is 5. The van der Waals surface area contributed by atoms with Gasteiger partial charge in [-0.3, -0.25) is 32.5 Å². The minimum absolute atomic E-state index is 0.00287. The average molecular weight is 664 g/mol. The van der Waals surface area contributed by atoms with E-state index in [1.54, 1.807) is 18.3 Å². The zero-order chi connectivity index (χ0) is 32.8. The number of anilines is 2. The third-order valence-corrected chi connectivity index (χ3v) is 8.82. The van der Waals surface area contributed by atoms with Gasteiger partial charge < -0.3 is 31.2 Å². The molecule has 5 heterocycles. The Morgan fingerprint density at radius 2 is 1.65 bits per heavy atom. The molecule has 3 aromatic rings. The molecule has 0 amide bonds. The van der Waals surface area contributed by atoms with Crippen molar-refractivity contribution in [2.24, 2.45) is 0 Å². The van der Waals surface area contributed by atoms with E-state index < -0.39 is 69.3 Å². The van der Waals surface area contributed by atoms with Gasteiger partial charge in [-0.05, 0) is 30.7 Å². The quantitative estimate of drug-likeness (QED) is 0.102. The van der Waals surface area contributed by atoms with Gasteiger partial charge in [-0.2, -0.15) is 9.97 Å². The minimum atomic E-state index is -4.50. The number of aromatic nitrogens is 5. The summed E-state index contributed by atoms with van der Waals surface area (Å²) >= 11 is 0. The number of aliphatic hydroxyl groups is 2. The van der Waals surface area contributed by atoms with Crippen molar-refractivity contribution in [3.05, 3.63) is 75.6 Å². The predicted octanol–water partition coefficient (Wildman–Crippen LogP) is 0.177. The largest absolute Gasteiger partial charge is 0.475 e. The summed E-state index contributed by atoms with van der Waals surface area (Å²) in [7, 11) is -4.50. The van der Waals surface area contributed by atoms with E-state index in [4.69, 9.17) is 34.5 Å². The number of nitrogen functional groups attached to an aromatic ring is 2.